The molecule has 0 spiro atoms. The number of aliphatic hydroxyl groups is 1. The molecule has 17 heavy (non-hydrogen) atoms. The predicted molar refractivity (Wildman–Crippen MR) is 54.5 cm³/mol. The highest BCUT2D eigenvalue weighted by Gasteiger charge is 2.44. The molecule has 1 fully saturated rings. The van der Waals surface area contributed by atoms with Crippen molar-refractivity contribution in [2.75, 3.05) is 6.54 Å². The maximum atomic E-state index is 12.0. The quantitative estimate of drug-likeness (QED) is 0.616. The van der Waals surface area contributed by atoms with Gasteiger partial charge >= 0.3 is 5.97 Å². The number of sulfonamides is 1. The average molecular weight is 261 g/mol. The molecular formula is C8H11N3O5S. The molecular weight excluding hydrogens is 250 g/mol. The van der Waals surface area contributed by atoms with Crippen LogP contribution in [0.25, 0.3) is 0 Å². The van der Waals surface area contributed by atoms with E-state index in [1.54, 1.807) is 0 Å². The third-order valence-electron chi connectivity index (χ3n) is 2.58. The Bertz CT molecular complexity index is 511. The van der Waals surface area contributed by atoms with Crippen LogP contribution in [0.5, 0.6) is 0 Å². The average Bonchev–Trinajstić information content (AvgIpc) is 2.84. The van der Waals surface area contributed by atoms with E-state index in [9.17, 15) is 18.3 Å². The zero-order valence-corrected chi connectivity index (χ0v) is 9.46. The fourth-order valence-corrected chi connectivity index (χ4v) is 3.31. The Morgan fingerprint density at radius 3 is 2.82 bits per heavy atom. The molecule has 0 amide bonds. The number of aliphatic carboxylic acids is 1. The van der Waals surface area contributed by atoms with Gasteiger partial charge in [0.05, 0.1) is 18.6 Å². The summed E-state index contributed by atoms with van der Waals surface area (Å²) in [6, 6.07) is -1.24. The number of imidazole rings is 1. The Morgan fingerprint density at radius 2 is 2.29 bits per heavy atom. The topological polar surface area (TPSA) is 124 Å². The summed E-state index contributed by atoms with van der Waals surface area (Å²) in [5.74, 6) is -1.27. The molecule has 2 atom stereocenters. The van der Waals surface area contributed by atoms with Crippen LogP contribution in [0.1, 0.15) is 6.42 Å². The third kappa shape index (κ3) is 2.04. The highest BCUT2D eigenvalue weighted by atomic mass is 32.2. The van der Waals surface area contributed by atoms with E-state index in [4.69, 9.17) is 5.11 Å². The van der Waals surface area contributed by atoms with Crippen LogP contribution >= 0.6 is 0 Å². The normalized spacial score (nSPS) is 26.2. The molecule has 9 heteroatoms. The molecule has 0 bridgehead atoms. The van der Waals surface area contributed by atoms with Crippen molar-refractivity contribution in [2.45, 2.75) is 23.6 Å². The van der Waals surface area contributed by atoms with Gasteiger partial charge in [-0.15, -0.1) is 0 Å². The number of nitrogens with one attached hydrogen (secondary N) is 1. The summed E-state index contributed by atoms with van der Waals surface area (Å²) in [4.78, 5) is 16.9. The van der Waals surface area contributed by atoms with Crippen LogP contribution in [-0.4, -0.2) is 57.6 Å². The van der Waals surface area contributed by atoms with Crippen LogP contribution in [0.2, 0.25) is 0 Å². The Hall–Kier alpha value is -1.45. The number of carboxylic acids is 1. The molecule has 1 aromatic heterocycles. The van der Waals surface area contributed by atoms with Gasteiger partial charge < -0.3 is 15.2 Å². The predicted octanol–water partition coefficient (Wildman–Crippen LogP) is -1.38. The number of carbonyl (C=O) groups is 1. The smallest absolute Gasteiger partial charge is 0.322 e. The second-order valence-electron chi connectivity index (χ2n) is 3.73. The summed E-state index contributed by atoms with van der Waals surface area (Å²) < 4.78 is 24.8. The van der Waals surface area contributed by atoms with E-state index in [1.807, 2.05) is 0 Å². The van der Waals surface area contributed by atoms with Gasteiger partial charge in [-0.25, -0.2) is 13.4 Å². The molecule has 0 unspecified atom stereocenters. The van der Waals surface area contributed by atoms with Crippen molar-refractivity contribution in [3.63, 3.8) is 0 Å². The number of hydrogen-bond donors (Lipinski definition) is 3. The number of hydrogen-bond acceptors (Lipinski definition) is 5. The SMILES string of the molecule is O=C(O)[C@H]1C[C@@H](O)CN1S(=O)(=O)c1cnc[nH]1. The van der Waals surface area contributed by atoms with Crippen molar-refractivity contribution in [3.05, 3.63) is 12.5 Å². The van der Waals surface area contributed by atoms with Crippen molar-refractivity contribution >= 4 is 16.0 Å². The minimum absolute atomic E-state index is 0.108. The third-order valence-corrected chi connectivity index (χ3v) is 4.38. The summed E-state index contributed by atoms with van der Waals surface area (Å²) in [5, 5.41) is 18.1. The van der Waals surface area contributed by atoms with Crippen molar-refractivity contribution in [1.82, 2.24) is 14.3 Å². The molecule has 94 valence electrons. The number of rotatable bonds is 3. The standard InChI is InChI=1S/C8H11N3O5S/c12-5-1-6(8(13)14)11(3-5)17(15,16)7-2-9-4-10-7/h2,4-6,12H,1,3H2,(H,9,10)(H,13,14)/t5-,6-/m1/s1. The first kappa shape index (κ1) is 12.0. The van der Waals surface area contributed by atoms with Gasteiger partial charge in [0.25, 0.3) is 10.0 Å². The number of H-pyrrole nitrogens is 1. The zero-order valence-electron chi connectivity index (χ0n) is 8.65. The lowest BCUT2D eigenvalue weighted by Gasteiger charge is -2.19. The maximum Gasteiger partial charge on any atom is 0.322 e. The molecule has 3 N–H and O–H groups in total. The Morgan fingerprint density at radius 1 is 1.59 bits per heavy atom. The summed E-state index contributed by atoms with van der Waals surface area (Å²) in [6.45, 7) is -0.224. The summed E-state index contributed by atoms with van der Waals surface area (Å²) >= 11 is 0. The highest BCUT2D eigenvalue weighted by Crippen LogP contribution is 2.25. The minimum Gasteiger partial charge on any atom is -0.480 e. The van der Waals surface area contributed by atoms with E-state index in [-0.39, 0.29) is 18.0 Å². The lowest BCUT2D eigenvalue weighted by molar-refractivity contribution is -0.140. The number of nitrogens with zero attached hydrogens (tertiary/aromatic N) is 2. The summed E-state index contributed by atoms with van der Waals surface area (Å²) in [5.41, 5.74) is 0. The van der Waals surface area contributed by atoms with E-state index in [0.29, 0.717) is 0 Å². The zero-order chi connectivity index (χ0) is 12.6. The van der Waals surface area contributed by atoms with Crippen LogP contribution in [0.4, 0.5) is 0 Å². The summed E-state index contributed by atoms with van der Waals surface area (Å²) in [6.07, 6.45) is 1.21. The van der Waals surface area contributed by atoms with Crippen molar-refractivity contribution in [2.24, 2.45) is 0 Å². The molecule has 1 aliphatic heterocycles. The lowest BCUT2D eigenvalue weighted by atomic mass is 10.2. The molecule has 2 rings (SSSR count). The van der Waals surface area contributed by atoms with Gasteiger partial charge in [-0.1, -0.05) is 0 Å². The van der Waals surface area contributed by atoms with Crippen molar-refractivity contribution < 1.29 is 23.4 Å². The van der Waals surface area contributed by atoms with Crippen LogP contribution in [0, 0.1) is 0 Å². The van der Waals surface area contributed by atoms with E-state index < -0.39 is 28.1 Å². The fourth-order valence-electron chi connectivity index (χ4n) is 1.78. The molecule has 0 saturated carbocycles. The minimum atomic E-state index is -3.95. The molecule has 0 aliphatic carbocycles. The maximum absolute atomic E-state index is 12.0. The van der Waals surface area contributed by atoms with E-state index >= 15 is 0 Å². The second-order valence-corrected chi connectivity index (χ2v) is 5.59. The Kier molecular flexibility index (Phi) is 2.89. The van der Waals surface area contributed by atoms with Gasteiger partial charge in [0.1, 0.15) is 6.04 Å². The number of aromatic nitrogens is 2. The molecule has 1 aliphatic rings. The molecule has 1 saturated heterocycles. The van der Waals surface area contributed by atoms with Crippen molar-refractivity contribution in [3.8, 4) is 0 Å². The Labute approximate surface area is 96.9 Å². The second kappa shape index (κ2) is 4.09. The van der Waals surface area contributed by atoms with Crippen LogP contribution in [-0.2, 0) is 14.8 Å². The Balaban J connectivity index is 2.36. The molecule has 1 aromatic rings. The molecule has 0 aromatic carbocycles. The van der Waals surface area contributed by atoms with E-state index in [2.05, 4.69) is 9.97 Å². The number of aromatic amines is 1. The van der Waals surface area contributed by atoms with Gasteiger partial charge in [0.15, 0.2) is 5.03 Å². The fraction of sp³-hybridized carbons (Fsp3) is 0.500. The van der Waals surface area contributed by atoms with Gasteiger partial charge in [-0.2, -0.15) is 4.31 Å². The first-order valence-corrected chi connectivity index (χ1v) is 6.28. The van der Waals surface area contributed by atoms with E-state index in [1.165, 1.54) is 6.33 Å². The highest BCUT2D eigenvalue weighted by molar-refractivity contribution is 7.89. The van der Waals surface area contributed by atoms with Crippen LogP contribution in [0.3, 0.4) is 0 Å². The lowest BCUT2D eigenvalue weighted by Crippen LogP contribution is -2.40. The van der Waals surface area contributed by atoms with E-state index in [0.717, 1.165) is 10.5 Å². The van der Waals surface area contributed by atoms with Crippen LogP contribution in [0.15, 0.2) is 17.6 Å². The monoisotopic (exact) mass is 261 g/mol. The summed E-state index contributed by atoms with van der Waals surface area (Å²) in [7, 11) is -3.95. The van der Waals surface area contributed by atoms with Gasteiger partial charge in [0, 0.05) is 13.0 Å². The number of β-amino-alcohol motifs (C(OH)–C–C–N with tert-alkyl or cyclic N) is 1. The first-order valence-electron chi connectivity index (χ1n) is 4.84. The molecule has 2 heterocycles. The largest absolute Gasteiger partial charge is 0.480 e. The first-order chi connectivity index (χ1) is 7.93. The molecule has 0 radical (unpaired) electrons. The van der Waals surface area contributed by atoms with Gasteiger partial charge in [-0.05, 0) is 0 Å². The van der Waals surface area contributed by atoms with Gasteiger partial charge in [-0.3, -0.25) is 4.79 Å². The number of carboxylic acid groups (broad SMARTS) is 1. The number of aliphatic hydroxyl groups excluding tert-OH is 1. The molecule has 8 nitrogen and oxygen atoms in total. The van der Waals surface area contributed by atoms with Gasteiger partial charge in [0.2, 0.25) is 0 Å². The van der Waals surface area contributed by atoms with Crippen molar-refractivity contribution in [1.29, 1.82) is 0 Å². The van der Waals surface area contributed by atoms with Crippen LogP contribution < -0.4 is 0 Å².